The Bertz CT molecular complexity index is 417. The first-order valence-corrected chi connectivity index (χ1v) is 3.68. The van der Waals surface area contributed by atoms with Crippen LogP contribution < -0.4 is 5.73 Å². The second-order valence-corrected chi connectivity index (χ2v) is 2.71. The van der Waals surface area contributed by atoms with Crippen molar-refractivity contribution in [2.24, 2.45) is 5.73 Å². The van der Waals surface area contributed by atoms with Gasteiger partial charge in [0.1, 0.15) is 5.82 Å². The summed E-state index contributed by atoms with van der Waals surface area (Å²) in [5.74, 6) is -2.08. The molecule has 0 saturated carbocycles. The van der Waals surface area contributed by atoms with Gasteiger partial charge in [0.05, 0.1) is 4.92 Å². The van der Waals surface area contributed by atoms with Gasteiger partial charge in [-0.1, -0.05) is 0 Å². The van der Waals surface area contributed by atoms with E-state index in [1.807, 2.05) is 0 Å². The van der Waals surface area contributed by atoms with Crippen LogP contribution in [0.3, 0.4) is 0 Å². The monoisotopic (exact) mass is 198 g/mol. The first-order chi connectivity index (χ1) is 6.45. The normalized spacial score (nSPS) is 9.86. The van der Waals surface area contributed by atoms with Gasteiger partial charge in [-0.25, -0.2) is 4.39 Å². The highest BCUT2D eigenvalue weighted by Gasteiger charge is 2.23. The molecule has 0 radical (unpaired) electrons. The zero-order valence-electron chi connectivity index (χ0n) is 7.28. The second kappa shape index (κ2) is 3.41. The van der Waals surface area contributed by atoms with Gasteiger partial charge < -0.3 is 5.73 Å². The summed E-state index contributed by atoms with van der Waals surface area (Å²) in [4.78, 5) is 20.4. The molecule has 0 bridgehead atoms. The predicted octanol–water partition coefficient (Wildman–Crippen LogP) is 1.14. The van der Waals surface area contributed by atoms with Gasteiger partial charge >= 0.3 is 0 Å². The third-order valence-electron chi connectivity index (χ3n) is 1.76. The lowest BCUT2D eigenvalue weighted by Gasteiger charge is -2.02. The number of benzene rings is 1. The number of amides is 1. The highest BCUT2D eigenvalue weighted by atomic mass is 19.1. The van der Waals surface area contributed by atoms with Crippen LogP contribution in [-0.2, 0) is 0 Å². The van der Waals surface area contributed by atoms with E-state index in [1.165, 1.54) is 13.0 Å². The van der Waals surface area contributed by atoms with E-state index in [-0.39, 0.29) is 5.56 Å². The van der Waals surface area contributed by atoms with E-state index in [0.29, 0.717) is 0 Å². The first kappa shape index (κ1) is 10.1. The molecule has 0 aliphatic carbocycles. The number of halogens is 1. The van der Waals surface area contributed by atoms with E-state index >= 15 is 0 Å². The molecule has 1 aromatic rings. The van der Waals surface area contributed by atoms with Crippen LogP contribution in [-0.4, -0.2) is 10.8 Å². The molecule has 0 aliphatic rings. The lowest BCUT2D eigenvalue weighted by atomic mass is 10.1. The Morgan fingerprint density at radius 2 is 2.14 bits per heavy atom. The van der Waals surface area contributed by atoms with E-state index in [9.17, 15) is 19.3 Å². The molecular formula is C8H7FN2O3. The standard InChI is InChI=1S/C8H7FN2O3/c1-4-2-3-5(11(13)14)6(7(4)9)8(10)12/h2-3H,1H3,(H2,10,12). The minimum Gasteiger partial charge on any atom is -0.365 e. The minimum atomic E-state index is -1.14. The zero-order chi connectivity index (χ0) is 10.9. The maximum Gasteiger partial charge on any atom is 0.285 e. The summed E-state index contributed by atoms with van der Waals surface area (Å²) < 4.78 is 13.3. The Labute approximate surface area is 78.5 Å². The number of aryl methyl sites for hydroxylation is 1. The molecule has 1 aromatic carbocycles. The largest absolute Gasteiger partial charge is 0.365 e. The summed E-state index contributed by atoms with van der Waals surface area (Å²) in [6.07, 6.45) is 0. The Hall–Kier alpha value is -1.98. The molecule has 0 atom stereocenters. The van der Waals surface area contributed by atoms with Crippen LogP contribution in [0.15, 0.2) is 12.1 Å². The van der Waals surface area contributed by atoms with Gasteiger partial charge in [-0.2, -0.15) is 0 Å². The van der Waals surface area contributed by atoms with Crippen molar-refractivity contribution in [3.8, 4) is 0 Å². The highest BCUT2D eigenvalue weighted by Crippen LogP contribution is 2.23. The number of nitro benzene ring substituents is 1. The molecule has 0 spiro atoms. The molecule has 6 heteroatoms. The number of rotatable bonds is 2. The summed E-state index contributed by atoms with van der Waals surface area (Å²) in [6.45, 7) is 1.39. The maximum absolute atomic E-state index is 13.3. The lowest BCUT2D eigenvalue weighted by molar-refractivity contribution is -0.385. The van der Waals surface area contributed by atoms with Crippen LogP contribution in [0, 0.1) is 22.9 Å². The second-order valence-electron chi connectivity index (χ2n) is 2.71. The molecule has 1 rings (SSSR count). The average molecular weight is 198 g/mol. The third-order valence-corrected chi connectivity index (χ3v) is 1.76. The molecule has 0 aliphatic heterocycles. The molecule has 0 saturated heterocycles. The van der Waals surface area contributed by atoms with E-state index in [2.05, 4.69) is 0 Å². The van der Waals surface area contributed by atoms with E-state index in [1.54, 1.807) is 0 Å². The minimum absolute atomic E-state index is 0.143. The molecule has 0 unspecified atom stereocenters. The van der Waals surface area contributed by atoms with Crippen molar-refractivity contribution >= 4 is 11.6 Å². The van der Waals surface area contributed by atoms with Crippen LogP contribution in [0.2, 0.25) is 0 Å². The maximum atomic E-state index is 13.3. The van der Waals surface area contributed by atoms with Gasteiger partial charge in [-0.15, -0.1) is 0 Å². The number of carbonyl (C=O) groups is 1. The smallest absolute Gasteiger partial charge is 0.285 e. The van der Waals surface area contributed by atoms with Gasteiger partial charge in [0.25, 0.3) is 11.6 Å². The molecule has 5 nitrogen and oxygen atoms in total. The van der Waals surface area contributed by atoms with Crippen molar-refractivity contribution in [2.45, 2.75) is 6.92 Å². The number of nitrogens with zero attached hydrogens (tertiary/aromatic N) is 1. The zero-order valence-corrected chi connectivity index (χ0v) is 7.28. The molecule has 0 fully saturated rings. The Morgan fingerprint density at radius 1 is 1.57 bits per heavy atom. The molecular weight excluding hydrogens is 191 g/mol. The van der Waals surface area contributed by atoms with E-state index < -0.39 is 27.9 Å². The molecule has 0 aromatic heterocycles. The summed E-state index contributed by atoms with van der Waals surface area (Å²) >= 11 is 0. The van der Waals surface area contributed by atoms with Crippen molar-refractivity contribution in [3.63, 3.8) is 0 Å². The SMILES string of the molecule is Cc1ccc([N+](=O)[O-])c(C(N)=O)c1F. The molecule has 74 valence electrons. The fraction of sp³-hybridized carbons (Fsp3) is 0.125. The fourth-order valence-corrected chi connectivity index (χ4v) is 1.06. The molecule has 0 heterocycles. The Kier molecular flexibility index (Phi) is 2.46. The van der Waals surface area contributed by atoms with Crippen molar-refractivity contribution < 1.29 is 14.1 Å². The van der Waals surface area contributed by atoms with E-state index in [0.717, 1.165) is 6.07 Å². The van der Waals surface area contributed by atoms with Crippen LogP contribution in [0.5, 0.6) is 0 Å². The van der Waals surface area contributed by atoms with Crippen molar-refractivity contribution in [3.05, 3.63) is 39.2 Å². The van der Waals surface area contributed by atoms with Crippen molar-refractivity contribution in [1.82, 2.24) is 0 Å². The molecule has 14 heavy (non-hydrogen) atoms. The van der Waals surface area contributed by atoms with Gasteiger partial charge in [0.2, 0.25) is 0 Å². The number of carbonyl (C=O) groups excluding carboxylic acids is 1. The van der Waals surface area contributed by atoms with Gasteiger partial charge in [0, 0.05) is 6.07 Å². The molecule has 1 amide bonds. The molecule has 2 N–H and O–H groups in total. The Morgan fingerprint density at radius 3 is 2.57 bits per heavy atom. The lowest BCUT2D eigenvalue weighted by Crippen LogP contribution is -2.16. The van der Waals surface area contributed by atoms with Gasteiger partial charge in [0.15, 0.2) is 5.56 Å². The van der Waals surface area contributed by atoms with E-state index in [4.69, 9.17) is 5.73 Å². The quantitative estimate of drug-likeness (QED) is 0.571. The van der Waals surface area contributed by atoms with Crippen LogP contribution in [0.1, 0.15) is 15.9 Å². The van der Waals surface area contributed by atoms with Crippen LogP contribution in [0.25, 0.3) is 0 Å². The number of primary amides is 1. The number of nitrogens with two attached hydrogens (primary N) is 1. The summed E-state index contributed by atoms with van der Waals surface area (Å²) in [6, 6.07) is 2.28. The van der Waals surface area contributed by atoms with Crippen LogP contribution >= 0.6 is 0 Å². The summed E-state index contributed by atoms with van der Waals surface area (Å²) in [7, 11) is 0. The van der Waals surface area contributed by atoms with Crippen LogP contribution in [0.4, 0.5) is 10.1 Å². The predicted molar refractivity (Wildman–Crippen MR) is 46.3 cm³/mol. The number of hydrogen-bond donors (Lipinski definition) is 1. The fourth-order valence-electron chi connectivity index (χ4n) is 1.06. The Balaban J connectivity index is 3.53. The number of nitro groups is 1. The third kappa shape index (κ3) is 1.54. The van der Waals surface area contributed by atoms with Gasteiger partial charge in [-0.05, 0) is 18.6 Å². The summed E-state index contributed by atoms with van der Waals surface area (Å²) in [5, 5.41) is 10.4. The number of hydrogen-bond acceptors (Lipinski definition) is 3. The van der Waals surface area contributed by atoms with Crippen molar-refractivity contribution in [1.29, 1.82) is 0 Å². The first-order valence-electron chi connectivity index (χ1n) is 3.68. The summed E-state index contributed by atoms with van der Waals surface area (Å²) in [5.41, 5.74) is 3.70. The van der Waals surface area contributed by atoms with Crippen molar-refractivity contribution in [2.75, 3.05) is 0 Å². The van der Waals surface area contributed by atoms with Gasteiger partial charge in [-0.3, -0.25) is 14.9 Å². The highest BCUT2D eigenvalue weighted by molar-refractivity contribution is 5.97. The topological polar surface area (TPSA) is 86.2 Å². The average Bonchev–Trinajstić information content (AvgIpc) is 2.08.